The molecule has 4 nitrogen and oxygen atoms in total. The van der Waals surface area contributed by atoms with Crippen LogP contribution < -0.4 is 0 Å². The molecule has 0 spiro atoms. The Morgan fingerprint density at radius 2 is 1.85 bits per heavy atom. The summed E-state index contributed by atoms with van der Waals surface area (Å²) in [5.74, 6) is -0.0521. The van der Waals surface area contributed by atoms with Crippen LogP contribution >= 0.6 is 0 Å². The van der Waals surface area contributed by atoms with Gasteiger partial charge in [-0.05, 0) is 18.1 Å². The first kappa shape index (κ1) is 18.2. The van der Waals surface area contributed by atoms with E-state index in [0.717, 1.165) is 0 Å². The number of hydrogen-bond acceptors (Lipinski definition) is 4. The van der Waals surface area contributed by atoms with E-state index in [0.29, 0.717) is 6.42 Å². The van der Waals surface area contributed by atoms with Gasteiger partial charge < -0.3 is 19.4 Å². The maximum Gasteiger partial charge on any atom is 0.192 e. The van der Waals surface area contributed by atoms with Gasteiger partial charge in [-0.2, -0.15) is 0 Å². The summed E-state index contributed by atoms with van der Waals surface area (Å²) in [5.41, 5.74) is -0.790. The molecule has 2 N–H and O–H groups in total. The molecule has 1 fully saturated rings. The molecule has 0 saturated carbocycles. The fourth-order valence-corrected chi connectivity index (χ4v) is 3.82. The Balaban J connectivity index is 2.92. The monoisotopic (exact) mass is 300 g/mol. The second-order valence-corrected chi connectivity index (χ2v) is 12.2. The lowest BCUT2D eigenvalue weighted by Crippen LogP contribution is -2.49. The van der Waals surface area contributed by atoms with Crippen LogP contribution in [0.2, 0.25) is 18.1 Å². The normalized spacial score (nSPS) is 35.5. The molecule has 2 radical (unpaired) electrons. The Bertz CT molecular complexity index is 332. The van der Waals surface area contributed by atoms with Crippen LogP contribution in [0.4, 0.5) is 0 Å². The van der Waals surface area contributed by atoms with E-state index < -0.39 is 19.9 Å². The zero-order valence-corrected chi connectivity index (χ0v) is 14.6. The van der Waals surface area contributed by atoms with Gasteiger partial charge in [-0.1, -0.05) is 27.7 Å². The Kier molecular flexibility index (Phi) is 5.53. The molecule has 0 aromatic rings. The molecule has 1 unspecified atom stereocenters. The van der Waals surface area contributed by atoms with Crippen molar-refractivity contribution in [2.24, 2.45) is 5.92 Å². The van der Waals surface area contributed by atoms with Gasteiger partial charge in [-0.25, -0.2) is 0 Å². The highest BCUT2D eigenvalue weighted by Crippen LogP contribution is 2.44. The highest BCUT2D eigenvalue weighted by molar-refractivity contribution is 6.74. The van der Waals surface area contributed by atoms with Gasteiger partial charge in [-0.3, -0.25) is 0 Å². The van der Waals surface area contributed by atoms with Gasteiger partial charge in [0.1, 0.15) is 7.85 Å². The number of aliphatic hydroxyl groups excluding tert-OH is 2. The summed E-state index contributed by atoms with van der Waals surface area (Å²) in [6.07, 6.45) is 0.130. The average Bonchev–Trinajstić information content (AvgIpc) is 2.53. The lowest BCUT2D eigenvalue weighted by molar-refractivity contribution is -0.0813. The molecule has 1 aliphatic rings. The molecule has 0 aromatic carbocycles. The quantitative estimate of drug-likeness (QED) is 0.758. The molecule has 0 aliphatic carbocycles. The Labute approximate surface area is 125 Å². The second kappa shape index (κ2) is 6.09. The molecule has 0 bridgehead atoms. The van der Waals surface area contributed by atoms with Gasteiger partial charge in [0, 0.05) is 24.9 Å². The van der Waals surface area contributed by atoms with Crippen molar-refractivity contribution in [3.8, 4) is 0 Å². The highest BCUT2D eigenvalue weighted by atomic mass is 28.4. The van der Waals surface area contributed by atoms with E-state index in [2.05, 4.69) is 33.9 Å². The van der Waals surface area contributed by atoms with E-state index >= 15 is 0 Å². The van der Waals surface area contributed by atoms with Crippen LogP contribution in [0.1, 0.15) is 34.1 Å². The minimum absolute atomic E-state index is 0.0373. The summed E-state index contributed by atoms with van der Waals surface area (Å²) in [5, 5.41) is 19.0. The maximum atomic E-state index is 9.68. The minimum atomic E-state index is -1.96. The molecule has 1 heterocycles. The largest absolute Gasteiger partial charge is 0.412 e. The van der Waals surface area contributed by atoms with Crippen molar-refractivity contribution in [3.63, 3.8) is 0 Å². The van der Waals surface area contributed by atoms with E-state index in [9.17, 15) is 10.2 Å². The summed E-state index contributed by atoms with van der Waals surface area (Å²) in [6.45, 7) is 12.7. The van der Waals surface area contributed by atoms with Crippen molar-refractivity contribution in [3.05, 3.63) is 0 Å². The lowest BCUT2D eigenvalue weighted by Gasteiger charge is -2.40. The third-order valence-corrected chi connectivity index (χ3v) is 9.53. The summed E-state index contributed by atoms with van der Waals surface area (Å²) >= 11 is 0. The topological polar surface area (TPSA) is 58.9 Å². The minimum Gasteiger partial charge on any atom is -0.412 e. The summed E-state index contributed by atoms with van der Waals surface area (Å²) < 4.78 is 12.2. The Morgan fingerprint density at radius 3 is 2.25 bits per heavy atom. The van der Waals surface area contributed by atoms with Crippen LogP contribution in [0, 0.1) is 5.92 Å². The van der Waals surface area contributed by atoms with E-state index in [1.54, 1.807) is 0 Å². The molecule has 0 amide bonds. The number of aliphatic hydroxyl groups is 2. The van der Waals surface area contributed by atoms with E-state index in [1.165, 1.54) is 0 Å². The van der Waals surface area contributed by atoms with Crippen molar-refractivity contribution in [1.29, 1.82) is 0 Å². The van der Waals surface area contributed by atoms with Crippen molar-refractivity contribution < 1.29 is 19.4 Å². The SMILES string of the molecule is [B][C@@H]1O[C@@](CO)(CCO)C(C)[C@@H]1O[Si](C)(C)C(C)(C)C. The van der Waals surface area contributed by atoms with Gasteiger partial charge in [0.2, 0.25) is 0 Å². The van der Waals surface area contributed by atoms with Crippen molar-refractivity contribution >= 4 is 16.2 Å². The Hall–Kier alpha value is 0.122. The molecule has 20 heavy (non-hydrogen) atoms. The average molecular weight is 300 g/mol. The molecule has 0 aromatic heterocycles. The first-order valence-corrected chi connectivity index (χ1v) is 10.2. The van der Waals surface area contributed by atoms with Crippen LogP contribution in [-0.4, -0.2) is 57.3 Å². The zero-order chi connectivity index (χ0) is 15.8. The van der Waals surface area contributed by atoms with Crippen LogP contribution in [0.3, 0.4) is 0 Å². The second-order valence-electron chi connectivity index (χ2n) is 7.41. The van der Waals surface area contributed by atoms with Gasteiger partial charge >= 0.3 is 0 Å². The van der Waals surface area contributed by atoms with Crippen molar-refractivity contribution in [2.45, 2.75) is 70.0 Å². The number of ether oxygens (including phenoxy) is 1. The van der Waals surface area contributed by atoms with Crippen LogP contribution in [-0.2, 0) is 9.16 Å². The predicted octanol–water partition coefficient (Wildman–Crippen LogP) is 1.65. The van der Waals surface area contributed by atoms with Gasteiger partial charge in [-0.15, -0.1) is 0 Å². The molecular weight excluding hydrogens is 271 g/mol. The highest BCUT2D eigenvalue weighted by Gasteiger charge is 2.53. The van der Waals surface area contributed by atoms with Crippen molar-refractivity contribution in [2.75, 3.05) is 13.2 Å². The fraction of sp³-hybridized carbons (Fsp3) is 1.00. The number of rotatable bonds is 5. The smallest absolute Gasteiger partial charge is 0.192 e. The lowest BCUT2D eigenvalue weighted by atomic mass is 9.82. The third kappa shape index (κ3) is 3.30. The van der Waals surface area contributed by atoms with Crippen molar-refractivity contribution in [1.82, 2.24) is 0 Å². The molecule has 116 valence electrons. The van der Waals surface area contributed by atoms with Crippen LogP contribution in [0.5, 0.6) is 0 Å². The van der Waals surface area contributed by atoms with E-state index in [4.69, 9.17) is 17.0 Å². The fourth-order valence-electron chi connectivity index (χ4n) is 2.45. The van der Waals surface area contributed by atoms with Crippen LogP contribution in [0.15, 0.2) is 0 Å². The first-order valence-electron chi connectivity index (χ1n) is 7.34. The number of hydrogen-bond donors (Lipinski definition) is 2. The molecule has 1 aliphatic heterocycles. The zero-order valence-electron chi connectivity index (χ0n) is 13.6. The molecular formula is C14H29BO4Si. The van der Waals surface area contributed by atoms with Gasteiger partial charge in [0.05, 0.1) is 18.3 Å². The summed E-state index contributed by atoms with van der Waals surface area (Å²) in [6, 6.07) is -0.558. The Morgan fingerprint density at radius 1 is 1.30 bits per heavy atom. The maximum absolute atomic E-state index is 9.68. The van der Waals surface area contributed by atoms with E-state index in [1.807, 2.05) is 6.92 Å². The molecule has 4 atom stereocenters. The third-order valence-electron chi connectivity index (χ3n) is 5.06. The van der Waals surface area contributed by atoms with Gasteiger partial charge in [0.15, 0.2) is 8.32 Å². The standard InChI is InChI=1S/C14H29BO4Si/c1-10-11(19-20(5,6)13(2,3)4)12(15)18-14(10,9-17)7-8-16/h10-12,16-17H,7-9H2,1-6H3/t10?,11-,12+,14+/m0/s1. The molecule has 1 rings (SSSR count). The predicted molar refractivity (Wildman–Crippen MR) is 83.4 cm³/mol. The molecule has 1 saturated heterocycles. The molecule has 6 heteroatoms. The summed E-state index contributed by atoms with van der Waals surface area (Å²) in [4.78, 5) is 0. The van der Waals surface area contributed by atoms with Crippen LogP contribution in [0.25, 0.3) is 0 Å². The van der Waals surface area contributed by atoms with E-state index in [-0.39, 0.29) is 30.3 Å². The first-order chi connectivity index (χ1) is 9.00. The van der Waals surface area contributed by atoms with Gasteiger partial charge in [0.25, 0.3) is 0 Å². The summed E-state index contributed by atoms with van der Waals surface area (Å²) in [7, 11) is 4.13.